The van der Waals surface area contributed by atoms with Crippen LogP contribution in [0.1, 0.15) is 51.4 Å². The van der Waals surface area contributed by atoms with E-state index in [0.29, 0.717) is 6.10 Å². The Hall–Kier alpha value is 0.400. The van der Waals surface area contributed by atoms with Crippen LogP contribution in [0.3, 0.4) is 0 Å². The van der Waals surface area contributed by atoms with E-state index in [1.807, 2.05) is 0 Å². The Morgan fingerprint density at radius 1 is 1.20 bits per heavy atom. The van der Waals surface area contributed by atoms with Crippen LogP contribution < -0.4 is 0 Å². The van der Waals surface area contributed by atoms with Gasteiger partial charge in [0.05, 0.1) is 12.7 Å². The summed E-state index contributed by atoms with van der Waals surface area (Å²) in [4.78, 5) is 0. The van der Waals surface area contributed by atoms with Gasteiger partial charge in [0.1, 0.15) is 0 Å². The van der Waals surface area contributed by atoms with Crippen molar-refractivity contribution >= 4 is 15.9 Å². The number of halogens is 1. The molecule has 2 rings (SSSR count). The second-order valence-electron chi connectivity index (χ2n) is 4.68. The molecule has 0 aromatic carbocycles. The Labute approximate surface area is 101 Å². The number of hydrogen-bond donors (Lipinski definition) is 0. The van der Waals surface area contributed by atoms with Crippen LogP contribution in [0.15, 0.2) is 0 Å². The van der Waals surface area contributed by atoms with Crippen molar-refractivity contribution in [2.24, 2.45) is 0 Å². The standard InChI is InChI=1S/C12H21BrO2/c13-9-4-6-11-5-3-8-12(15-11)7-1-2-10-14-12/h11H,1-10H2/t11-,12-/m0/s1. The van der Waals surface area contributed by atoms with E-state index >= 15 is 0 Å². The third-order valence-corrected chi connectivity index (χ3v) is 4.00. The quantitative estimate of drug-likeness (QED) is 0.733. The van der Waals surface area contributed by atoms with Crippen LogP contribution in [0.4, 0.5) is 0 Å². The summed E-state index contributed by atoms with van der Waals surface area (Å²) in [5, 5.41) is 1.08. The van der Waals surface area contributed by atoms with E-state index in [4.69, 9.17) is 9.47 Å². The highest BCUT2D eigenvalue weighted by molar-refractivity contribution is 9.09. The molecule has 3 heteroatoms. The molecule has 2 aliphatic heterocycles. The molecule has 0 aliphatic carbocycles. The van der Waals surface area contributed by atoms with Gasteiger partial charge >= 0.3 is 0 Å². The molecule has 0 unspecified atom stereocenters. The fourth-order valence-corrected chi connectivity index (χ4v) is 2.97. The third-order valence-electron chi connectivity index (χ3n) is 3.44. The van der Waals surface area contributed by atoms with Gasteiger partial charge in [-0.2, -0.15) is 0 Å². The molecule has 0 saturated carbocycles. The maximum atomic E-state index is 6.17. The summed E-state index contributed by atoms with van der Waals surface area (Å²) in [7, 11) is 0. The molecule has 2 aliphatic rings. The van der Waals surface area contributed by atoms with E-state index in [2.05, 4.69) is 15.9 Å². The SMILES string of the molecule is BrCCC[C@@H]1CCC[C@]2(CCCCO2)O1. The van der Waals surface area contributed by atoms with Crippen molar-refractivity contribution in [3.8, 4) is 0 Å². The van der Waals surface area contributed by atoms with Gasteiger partial charge in [0.25, 0.3) is 0 Å². The monoisotopic (exact) mass is 276 g/mol. The smallest absolute Gasteiger partial charge is 0.168 e. The first-order chi connectivity index (χ1) is 7.35. The lowest BCUT2D eigenvalue weighted by molar-refractivity contribution is -0.295. The molecule has 0 amide bonds. The van der Waals surface area contributed by atoms with Crippen molar-refractivity contribution in [2.75, 3.05) is 11.9 Å². The lowest BCUT2D eigenvalue weighted by Crippen LogP contribution is -2.45. The van der Waals surface area contributed by atoms with Crippen molar-refractivity contribution < 1.29 is 9.47 Å². The predicted molar refractivity (Wildman–Crippen MR) is 64.3 cm³/mol. The van der Waals surface area contributed by atoms with Crippen LogP contribution in [0, 0.1) is 0 Å². The number of alkyl halides is 1. The molecule has 0 bridgehead atoms. The van der Waals surface area contributed by atoms with Gasteiger partial charge < -0.3 is 9.47 Å². The van der Waals surface area contributed by atoms with Gasteiger partial charge in [-0.05, 0) is 38.5 Å². The fraction of sp³-hybridized carbons (Fsp3) is 1.00. The van der Waals surface area contributed by atoms with Gasteiger partial charge in [-0.3, -0.25) is 0 Å². The first kappa shape index (κ1) is 11.9. The van der Waals surface area contributed by atoms with E-state index in [9.17, 15) is 0 Å². The Balaban J connectivity index is 1.85. The molecule has 2 nitrogen and oxygen atoms in total. The molecule has 0 aromatic heterocycles. The fourth-order valence-electron chi connectivity index (χ4n) is 2.65. The zero-order valence-corrected chi connectivity index (χ0v) is 10.9. The molecule has 2 heterocycles. The number of hydrogen-bond acceptors (Lipinski definition) is 2. The summed E-state index contributed by atoms with van der Waals surface area (Å²) in [6.07, 6.45) is 10.0. The minimum Gasteiger partial charge on any atom is -0.350 e. The molecule has 0 aromatic rings. The summed E-state index contributed by atoms with van der Waals surface area (Å²) < 4.78 is 12.1. The highest BCUT2D eigenvalue weighted by Crippen LogP contribution is 2.37. The average Bonchev–Trinajstić information content (AvgIpc) is 2.28. The highest BCUT2D eigenvalue weighted by atomic mass is 79.9. The van der Waals surface area contributed by atoms with Gasteiger partial charge in [0.2, 0.25) is 0 Å². The Kier molecular flexibility index (Phi) is 4.47. The first-order valence-corrected chi connectivity index (χ1v) is 7.34. The molecule has 0 N–H and O–H groups in total. The van der Waals surface area contributed by atoms with Gasteiger partial charge in [-0.1, -0.05) is 15.9 Å². The molecule has 0 radical (unpaired) electrons. The highest BCUT2D eigenvalue weighted by Gasteiger charge is 2.39. The number of ether oxygens (including phenoxy) is 2. The van der Waals surface area contributed by atoms with Crippen LogP contribution in [-0.4, -0.2) is 23.8 Å². The minimum absolute atomic E-state index is 0.187. The summed E-state index contributed by atoms with van der Waals surface area (Å²) in [6.45, 7) is 0.894. The van der Waals surface area contributed by atoms with Crippen LogP contribution in [0.5, 0.6) is 0 Å². The van der Waals surface area contributed by atoms with Crippen molar-refractivity contribution in [3.63, 3.8) is 0 Å². The van der Waals surface area contributed by atoms with Gasteiger partial charge in [0, 0.05) is 18.2 Å². The normalized spacial score (nSPS) is 37.0. The summed E-state index contributed by atoms with van der Waals surface area (Å²) in [5.41, 5.74) is 0. The van der Waals surface area contributed by atoms with Crippen LogP contribution in [-0.2, 0) is 9.47 Å². The third kappa shape index (κ3) is 3.18. The summed E-state index contributed by atoms with van der Waals surface area (Å²) in [6, 6.07) is 0. The largest absolute Gasteiger partial charge is 0.350 e. The lowest BCUT2D eigenvalue weighted by Gasteiger charge is -2.43. The van der Waals surface area contributed by atoms with E-state index in [0.717, 1.165) is 24.8 Å². The van der Waals surface area contributed by atoms with Crippen molar-refractivity contribution in [1.82, 2.24) is 0 Å². The van der Waals surface area contributed by atoms with Crippen molar-refractivity contribution in [2.45, 2.75) is 63.3 Å². The zero-order chi connectivity index (χ0) is 10.6. The Bertz CT molecular complexity index is 185. The van der Waals surface area contributed by atoms with Gasteiger partial charge in [0.15, 0.2) is 5.79 Å². The van der Waals surface area contributed by atoms with Gasteiger partial charge in [-0.25, -0.2) is 0 Å². The van der Waals surface area contributed by atoms with E-state index in [-0.39, 0.29) is 5.79 Å². The molecular formula is C12H21BrO2. The van der Waals surface area contributed by atoms with Crippen LogP contribution in [0.2, 0.25) is 0 Å². The van der Waals surface area contributed by atoms with E-state index in [1.54, 1.807) is 0 Å². The summed E-state index contributed by atoms with van der Waals surface area (Å²) >= 11 is 3.48. The Morgan fingerprint density at radius 3 is 2.80 bits per heavy atom. The van der Waals surface area contributed by atoms with Crippen LogP contribution >= 0.6 is 15.9 Å². The molecule has 88 valence electrons. The lowest BCUT2D eigenvalue weighted by atomic mass is 9.93. The molecule has 15 heavy (non-hydrogen) atoms. The summed E-state index contributed by atoms with van der Waals surface area (Å²) in [5.74, 6) is -0.187. The van der Waals surface area contributed by atoms with Gasteiger partial charge in [-0.15, -0.1) is 0 Å². The number of rotatable bonds is 3. The van der Waals surface area contributed by atoms with E-state index in [1.165, 1.54) is 38.5 Å². The molecule has 2 saturated heterocycles. The second-order valence-corrected chi connectivity index (χ2v) is 5.47. The first-order valence-electron chi connectivity index (χ1n) is 6.22. The average molecular weight is 277 g/mol. The molecule has 1 spiro atoms. The maximum Gasteiger partial charge on any atom is 0.168 e. The molecule has 2 fully saturated rings. The van der Waals surface area contributed by atoms with Crippen molar-refractivity contribution in [3.05, 3.63) is 0 Å². The maximum absolute atomic E-state index is 6.17. The Morgan fingerprint density at radius 2 is 2.07 bits per heavy atom. The minimum atomic E-state index is -0.187. The van der Waals surface area contributed by atoms with E-state index < -0.39 is 0 Å². The molecular weight excluding hydrogens is 256 g/mol. The van der Waals surface area contributed by atoms with Crippen molar-refractivity contribution in [1.29, 1.82) is 0 Å². The second kappa shape index (κ2) is 5.65. The van der Waals surface area contributed by atoms with Crippen LogP contribution in [0.25, 0.3) is 0 Å². The zero-order valence-electron chi connectivity index (χ0n) is 9.34. The molecule has 2 atom stereocenters. The predicted octanol–water partition coefficient (Wildman–Crippen LogP) is 3.63. The topological polar surface area (TPSA) is 18.5 Å².